The number of aromatic nitrogens is 4. The van der Waals surface area contributed by atoms with Gasteiger partial charge in [0.15, 0.2) is 0 Å². The summed E-state index contributed by atoms with van der Waals surface area (Å²) in [7, 11) is 0. The van der Waals surface area contributed by atoms with E-state index < -0.39 is 0 Å². The molecule has 0 aliphatic carbocycles. The van der Waals surface area contributed by atoms with Crippen molar-refractivity contribution in [3.05, 3.63) is 259 Å². The van der Waals surface area contributed by atoms with E-state index in [-0.39, 0.29) is 0 Å². The lowest BCUT2D eigenvalue weighted by molar-refractivity contribution is 1.03. The number of hydrogen-bond donors (Lipinski definition) is 0. The Morgan fingerprint density at radius 2 is 0.838 bits per heavy atom. The molecule has 0 radical (unpaired) electrons. The Labute approximate surface area is 462 Å². The summed E-state index contributed by atoms with van der Waals surface area (Å²) in [4.78, 5) is 4.84. The second kappa shape index (κ2) is 16.7. The molecule has 0 bridgehead atoms. The molecule has 5 aromatic heterocycles. The van der Waals surface area contributed by atoms with Gasteiger partial charge in [-0.3, -0.25) is 0 Å². The van der Waals surface area contributed by atoms with Crippen molar-refractivity contribution in [2.75, 3.05) is 0 Å². The van der Waals surface area contributed by atoms with Crippen molar-refractivity contribution < 1.29 is 0 Å². The molecule has 12 aromatic carbocycles. The van der Waals surface area contributed by atoms with Crippen LogP contribution in [0.5, 0.6) is 0 Å². The molecule has 0 aliphatic heterocycles. The van der Waals surface area contributed by atoms with Crippen molar-refractivity contribution in [3.8, 4) is 39.9 Å². The minimum absolute atomic E-state index is 0.360. The van der Waals surface area contributed by atoms with Gasteiger partial charge < -0.3 is 18.3 Å². The van der Waals surface area contributed by atoms with Gasteiger partial charge >= 0.3 is 0 Å². The van der Waals surface area contributed by atoms with E-state index in [1.807, 2.05) is 0 Å². The first-order valence-electron chi connectivity index (χ1n) is 26.9. The molecule has 0 N–H and O–H groups in total. The highest BCUT2D eigenvalue weighted by molar-refractivity contribution is 7.26. The molecule has 0 fully saturated rings. The van der Waals surface area contributed by atoms with Gasteiger partial charge in [0, 0.05) is 58.6 Å². The standard InChI is InChI=1S/C73H42N6S/c1-43-38-39-44-20-3-4-21-45(44)65(43)54-29-19-36-63-66(54)55-41-40-53-52-28-11-18-37-64(52)80-73(53)70(55)79(63)72-69(77-59-32-14-7-24-48(59)49-25-8-15-33-60(49)77)56(42-74)68(76-57-30-12-5-22-46(57)47-23-6-13-31-58(47)76)67(75-2)71(72)78-61-34-16-9-26-50(61)51-27-10-17-35-62(51)78/h3-41H,1H3. The van der Waals surface area contributed by atoms with Gasteiger partial charge in [-0.25, -0.2) is 4.85 Å². The van der Waals surface area contributed by atoms with Gasteiger partial charge in [0.25, 0.3) is 0 Å². The lowest BCUT2D eigenvalue weighted by Crippen LogP contribution is -2.14. The number of nitrogens with zero attached hydrogens (tertiary/aromatic N) is 6. The lowest BCUT2D eigenvalue weighted by atomic mass is 9.91. The summed E-state index contributed by atoms with van der Waals surface area (Å²) >= 11 is 1.80. The van der Waals surface area contributed by atoms with E-state index in [1.54, 1.807) is 11.3 Å². The van der Waals surface area contributed by atoms with Gasteiger partial charge in [0.2, 0.25) is 5.69 Å². The predicted molar refractivity (Wildman–Crippen MR) is 335 cm³/mol. The smallest absolute Gasteiger partial charge is 0.237 e. The van der Waals surface area contributed by atoms with Crippen LogP contribution in [0.2, 0.25) is 0 Å². The lowest BCUT2D eigenvalue weighted by Gasteiger charge is -2.27. The highest BCUT2D eigenvalue weighted by atomic mass is 32.1. The van der Waals surface area contributed by atoms with Crippen molar-refractivity contribution in [2.24, 2.45) is 0 Å². The Bertz CT molecular complexity index is 5350. The van der Waals surface area contributed by atoms with Gasteiger partial charge in [-0.1, -0.05) is 188 Å². The molecule has 0 saturated heterocycles. The van der Waals surface area contributed by atoms with Crippen LogP contribution in [0.25, 0.3) is 157 Å². The third kappa shape index (κ3) is 5.83. The Morgan fingerprint density at radius 1 is 0.388 bits per heavy atom. The van der Waals surface area contributed by atoms with E-state index in [9.17, 15) is 11.8 Å². The highest BCUT2D eigenvalue weighted by Gasteiger charge is 2.35. The maximum Gasteiger partial charge on any atom is 0.237 e. The topological polar surface area (TPSA) is 47.9 Å². The van der Waals surface area contributed by atoms with Crippen molar-refractivity contribution in [1.82, 2.24) is 18.3 Å². The van der Waals surface area contributed by atoms with Crippen molar-refractivity contribution in [2.45, 2.75) is 6.92 Å². The van der Waals surface area contributed by atoms with Crippen LogP contribution in [0.3, 0.4) is 0 Å². The van der Waals surface area contributed by atoms with Gasteiger partial charge in [-0.2, -0.15) is 5.26 Å². The number of benzene rings is 12. The number of fused-ring (bicyclic) bond motifs is 17. The predicted octanol–water partition coefficient (Wildman–Crippen LogP) is 20.0. The maximum atomic E-state index is 12.7. The third-order valence-corrected chi connectivity index (χ3v) is 18.1. The number of thiophene rings is 1. The molecule has 5 heterocycles. The average molecular weight is 1040 g/mol. The van der Waals surface area contributed by atoms with E-state index >= 15 is 0 Å². The number of nitriles is 1. The number of para-hydroxylation sites is 6. The fraction of sp³-hybridized carbons (Fsp3) is 0.0137. The quantitative estimate of drug-likeness (QED) is 0.158. The minimum atomic E-state index is 0.360. The fourth-order valence-electron chi connectivity index (χ4n) is 13.8. The van der Waals surface area contributed by atoms with Crippen LogP contribution in [0.4, 0.5) is 5.69 Å². The molecule has 0 unspecified atom stereocenters. The van der Waals surface area contributed by atoms with E-state index in [0.29, 0.717) is 28.3 Å². The van der Waals surface area contributed by atoms with E-state index in [1.165, 1.54) is 32.0 Å². The van der Waals surface area contributed by atoms with Crippen LogP contribution in [-0.2, 0) is 0 Å². The summed E-state index contributed by atoms with van der Waals surface area (Å²) in [5.74, 6) is 0. The van der Waals surface area contributed by atoms with E-state index in [4.69, 9.17) is 4.85 Å². The summed E-state index contributed by atoms with van der Waals surface area (Å²) in [6.07, 6.45) is 0. The minimum Gasteiger partial charge on any atom is -0.318 e. The average Bonchev–Trinajstić information content (AvgIpc) is 4.47. The monoisotopic (exact) mass is 1030 g/mol. The maximum absolute atomic E-state index is 12.7. The second-order valence-electron chi connectivity index (χ2n) is 20.9. The Hall–Kier alpha value is -10.7. The summed E-state index contributed by atoms with van der Waals surface area (Å²) in [6, 6.07) is 87.3. The first kappa shape index (κ1) is 44.4. The molecule has 0 amide bonds. The molecule has 17 aromatic rings. The fourth-order valence-corrected chi connectivity index (χ4v) is 15.0. The molecular weight excluding hydrogens is 993 g/mol. The largest absolute Gasteiger partial charge is 0.318 e. The summed E-state index contributed by atoms with van der Waals surface area (Å²) in [5.41, 5.74) is 14.4. The summed E-state index contributed by atoms with van der Waals surface area (Å²) in [5, 5.41) is 25.9. The molecule has 17 rings (SSSR count). The molecule has 80 heavy (non-hydrogen) atoms. The molecule has 0 saturated carbocycles. The normalized spacial score (nSPS) is 12.0. The zero-order valence-electron chi connectivity index (χ0n) is 43.1. The van der Waals surface area contributed by atoms with Crippen LogP contribution < -0.4 is 0 Å². The van der Waals surface area contributed by atoms with Crippen LogP contribution >= 0.6 is 11.3 Å². The molecule has 0 atom stereocenters. The van der Waals surface area contributed by atoms with Crippen LogP contribution in [0.1, 0.15) is 11.1 Å². The first-order valence-corrected chi connectivity index (χ1v) is 27.8. The van der Waals surface area contributed by atoms with Crippen LogP contribution in [0.15, 0.2) is 237 Å². The Balaban J connectivity index is 1.21. The molecule has 7 heteroatoms. The molecular formula is C73H42N6S. The Morgan fingerprint density at radius 3 is 1.38 bits per heavy atom. The van der Waals surface area contributed by atoms with Crippen molar-refractivity contribution in [3.63, 3.8) is 0 Å². The van der Waals surface area contributed by atoms with Crippen LogP contribution in [-0.4, -0.2) is 18.3 Å². The van der Waals surface area contributed by atoms with Gasteiger partial charge in [0.05, 0.1) is 83.7 Å². The second-order valence-corrected chi connectivity index (χ2v) is 22.0. The molecule has 6 nitrogen and oxygen atoms in total. The van der Waals surface area contributed by atoms with E-state index in [2.05, 4.69) is 268 Å². The van der Waals surface area contributed by atoms with Crippen molar-refractivity contribution >= 4 is 135 Å². The highest BCUT2D eigenvalue weighted by Crippen LogP contribution is 2.54. The van der Waals surface area contributed by atoms with Crippen LogP contribution in [0, 0.1) is 24.8 Å². The van der Waals surface area contributed by atoms with Gasteiger partial charge in [-0.15, -0.1) is 11.3 Å². The third-order valence-electron chi connectivity index (χ3n) is 16.9. The number of aryl methyl sites for hydroxylation is 1. The molecule has 370 valence electrons. The molecule has 0 aliphatic rings. The Kier molecular flexibility index (Phi) is 9.25. The SMILES string of the molecule is [C-]#[N+]c1c(-n2c3ccccc3c3ccccc32)c(C#N)c(-n2c3ccccc3c3ccccc32)c(-n2c3cccc(-c4c(C)ccc5ccccc45)c3c3ccc4c5ccccc5sc4c32)c1-n1c2ccccc2c2ccccc21. The molecule has 0 spiro atoms. The number of rotatable bonds is 5. The van der Waals surface area contributed by atoms with Gasteiger partial charge in [0.1, 0.15) is 6.07 Å². The van der Waals surface area contributed by atoms with Gasteiger partial charge in [-0.05, 0) is 82.9 Å². The van der Waals surface area contributed by atoms with E-state index in [0.717, 1.165) is 109 Å². The zero-order valence-corrected chi connectivity index (χ0v) is 43.9. The first-order chi connectivity index (χ1) is 39.6. The number of hydrogen-bond acceptors (Lipinski definition) is 2. The summed E-state index contributed by atoms with van der Waals surface area (Å²) in [6.45, 7) is 12.1. The van der Waals surface area contributed by atoms with Crippen molar-refractivity contribution in [1.29, 1.82) is 5.26 Å². The summed E-state index contributed by atoms with van der Waals surface area (Å²) < 4.78 is 11.6. The zero-order chi connectivity index (χ0) is 52.9.